The van der Waals surface area contributed by atoms with Gasteiger partial charge in [0.15, 0.2) is 0 Å². The van der Waals surface area contributed by atoms with Crippen LogP contribution < -0.4 is 15.4 Å². The van der Waals surface area contributed by atoms with E-state index in [9.17, 15) is 14.4 Å². The molecule has 0 radical (unpaired) electrons. The number of hydrogen-bond donors (Lipinski definition) is 2. The summed E-state index contributed by atoms with van der Waals surface area (Å²) >= 11 is 0. The Balaban J connectivity index is 2.48. The smallest absolute Gasteiger partial charge is 0.408 e. The van der Waals surface area contributed by atoms with E-state index in [2.05, 4.69) is 17.6 Å². The minimum Gasteiger partial charge on any atom is -0.497 e. The number of carbonyl (C=O) groups excluding carboxylic acids is 3. The Morgan fingerprint density at radius 2 is 1.57 bits per heavy atom. The molecule has 8 nitrogen and oxygen atoms in total. The van der Waals surface area contributed by atoms with E-state index in [4.69, 9.17) is 9.47 Å². The van der Waals surface area contributed by atoms with Crippen molar-refractivity contribution in [3.63, 3.8) is 0 Å². The number of hydrogen-bond acceptors (Lipinski definition) is 5. The van der Waals surface area contributed by atoms with Crippen molar-refractivity contribution in [1.82, 2.24) is 10.2 Å². The summed E-state index contributed by atoms with van der Waals surface area (Å²) in [6, 6.07) is 13.0. The Morgan fingerprint density at radius 1 is 0.929 bits per heavy atom. The van der Waals surface area contributed by atoms with E-state index in [1.807, 2.05) is 45.0 Å². The Hall–Kier alpha value is -3.55. The summed E-state index contributed by atoms with van der Waals surface area (Å²) in [4.78, 5) is 42.8. The molecule has 0 spiro atoms. The van der Waals surface area contributed by atoms with Crippen LogP contribution in [0.2, 0.25) is 0 Å². The highest BCUT2D eigenvalue weighted by atomic mass is 16.6. The number of nitrogens with one attached hydrogen (secondary N) is 2. The molecule has 2 N–H and O–H groups in total. The predicted octanol–water partition coefficient (Wildman–Crippen LogP) is 7.42. The lowest BCUT2D eigenvalue weighted by atomic mass is 9.97. The summed E-state index contributed by atoms with van der Waals surface area (Å²) in [5, 5.41) is 5.80. The van der Waals surface area contributed by atoms with Crippen molar-refractivity contribution in [2.75, 3.05) is 19.0 Å². The number of ether oxygens (including phenoxy) is 2. The maximum atomic E-state index is 14.4. The van der Waals surface area contributed by atoms with Crippen LogP contribution >= 0.6 is 0 Å². The first-order valence-corrected chi connectivity index (χ1v) is 15.2. The van der Waals surface area contributed by atoms with Gasteiger partial charge in [-0.1, -0.05) is 82.7 Å². The first kappa shape index (κ1) is 34.7. The van der Waals surface area contributed by atoms with E-state index in [-0.39, 0.29) is 17.7 Å². The molecule has 2 unspecified atom stereocenters. The largest absolute Gasteiger partial charge is 0.497 e. The van der Waals surface area contributed by atoms with Gasteiger partial charge in [-0.3, -0.25) is 9.59 Å². The highest BCUT2D eigenvalue weighted by Crippen LogP contribution is 2.27. The minimum atomic E-state index is -0.906. The molecular formula is C34H51N3O5. The van der Waals surface area contributed by atoms with Crippen LogP contribution in [-0.2, 0) is 14.3 Å². The van der Waals surface area contributed by atoms with Gasteiger partial charge in [-0.05, 0) is 69.9 Å². The highest BCUT2D eigenvalue weighted by molar-refractivity contribution is 5.99. The van der Waals surface area contributed by atoms with Crippen molar-refractivity contribution in [3.8, 4) is 5.75 Å². The van der Waals surface area contributed by atoms with Crippen molar-refractivity contribution in [2.24, 2.45) is 5.92 Å². The first-order chi connectivity index (χ1) is 19.9. The van der Waals surface area contributed by atoms with Crippen LogP contribution in [0.25, 0.3) is 0 Å². The van der Waals surface area contributed by atoms with Crippen LogP contribution in [0.1, 0.15) is 97.2 Å². The standard InChI is InChI=1S/C34H51N3O5/c1-9-10-11-12-13-14-22-37(32(39)29(24(2)3)36-33(40)42-34(5,6)7)30(26-17-15-16-25(4)23-26)31(38)35-27-18-20-28(41-8)21-19-27/h15-21,23-24,29-30H,9-14,22H2,1-8H3,(H,35,38)(H,36,40). The lowest BCUT2D eigenvalue weighted by molar-refractivity contribution is -0.141. The van der Waals surface area contributed by atoms with Crippen molar-refractivity contribution < 1.29 is 23.9 Å². The Labute approximate surface area is 252 Å². The molecule has 0 aliphatic rings. The monoisotopic (exact) mass is 581 g/mol. The summed E-state index contributed by atoms with van der Waals surface area (Å²) in [5.41, 5.74) is 1.57. The van der Waals surface area contributed by atoms with Gasteiger partial charge in [-0.25, -0.2) is 4.79 Å². The number of unbranched alkanes of at least 4 members (excludes halogenated alkanes) is 5. The molecule has 2 rings (SSSR count). The van der Waals surface area contributed by atoms with E-state index < -0.39 is 23.8 Å². The summed E-state index contributed by atoms with van der Waals surface area (Å²) < 4.78 is 10.7. The SMILES string of the molecule is CCCCCCCCN(C(=O)C(NC(=O)OC(C)(C)C)C(C)C)C(C(=O)Nc1ccc(OC)cc1)c1cccc(C)c1. The van der Waals surface area contributed by atoms with Crippen LogP contribution in [0.15, 0.2) is 48.5 Å². The van der Waals surface area contributed by atoms with E-state index in [1.54, 1.807) is 57.0 Å². The predicted molar refractivity (Wildman–Crippen MR) is 169 cm³/mol. The molecule has 0 saturated carbocycles. The number of rotatable bonds is 15. The van der Waals surface area contributed by atoms with Gasteiger partial charge in [0.05, 0.1) is 7.11 Å². The molecule has 42 heavy (non-hydrogen) atoms. The van der Waals surface area contributed by atoms with Gasteiger partial charge in [0, 0.05) is 12.2 Å². The normalized spacial score (nSPS) is 12.8. The zero-order valence-corrected chi connectivity index (χ0v) is 26.8. The van der Waals surface area contributed by atoms with Crippen molar-refractivity contribution >= 4 is 23.6 Å². The minimum absolute atomic E-state index is 0.236. The number of alkyl carbamates (subject to hydrolysis) is 1. The number of methoxy groups -OCH3 is 1. The maximum Gasteiger partial charge on any atom is 0.408 e. The second kappa shape index (κ2) is 16.8. The molecule has 2 atom stereocenters. The average Bonchev–Trinajstić information content (AvgIpc) is 2.91. The topological polar surface area (TPSA) is 97.0 Å². The third-order valence-electron chi connectivity index (χ3n) is 6.92. The molecule has 0 aromatic heterocycles. The summed E-state index contributed by atoms with van der Waals surface area (Å²) in [7, 11) is 1.59. The summed E-state index contributed by atoms with van der Waals surface area (Å²) in [6.07, 6.45) is 5.54. The molecule has 8 heteroatoms. The lowest BCUT2D eigenvalue weighted by Crippen LogP contribution is -2.54. The molecule has 3 amide bonds. The second-order valence-electron chi connectivity index (χ2n) is 12.2. The first-order valence-electron chi connectivity index (χ1n) is 15.2. The molecule has 0 saturated heterocycles. The van der Waals surface area contributed by atoms with Crippen LogP contribution in [0.4, 0.5) is 10.5 Å². The van der Waals surface area contributed by atoms with Crippen molar-refractivity contribution in [2.45, 2.75) is 105 Å². The van der Waals surface area contributed by atoms with Gasteiger partial charge in [-0.15, -0.1) is 0 Å². The molecule has 0 bridgehead atoms. The quantitative estimate of drug-likeness (QED) is 0.213. The molecule has 2 aromatic rings. The molecule has 0 heterocycles. The van der Waals surface area contributed by atoms with Crippen LogP contribution in [0.5, 0.6) is 5.75 Å². The number of aryl methyl sites for hydroxylation is 1. The summed E-state index contributed by atoms with van der Waals surface area (Å²) in [5.74, 6) is -0.207. The van der Waals surface area contributed by atoms with E-state index >= 15 is 0 Å². The van der Waals surface area contributed by atoms with Gasteiger partial charge < -0.3 is 25.0 Å². The van der Waals surface area contributed by atoms with E-state index in [0.717, 1.165) is 37.7 Å². The zero-order chi connectivity index (χ0) is 31.3. The highest BCUT2D eigenvalue weighted by Gasteiger charge is 2.37. The van der Waals surface area contributed by atoms with Gasteiger partial charge in [0.2, 0.25) is 5.91 Å². The molecule has 232 valence electrons. The summed E-state index contributed by atoms with van der Waals surface area (Å²) in [6.45, 7) is 13.6. The van der Waals surface area contributed by atoms with E-state index in [1.165, 1.54) is 6.42 Å². The molecule has 0 aliphatic heterocycles. The third kappa shape index (κ3) is 11.4. The zero-order valence-electron chi connectivity index (χ0n) is 26.8. The molecule has 2 aromatic carbocycles. The fraction of sp³-hybridized carbons (Fsp3) is 0.559. The number of anilines is 1. The number of nitrogens with zero attached hydrogens (tertiary/aromatic N) is 1. The fourth-order valence-corrected chi connectivity index (χ4v) is 4.75. The van der Waals surface area contributed by atoms with Crippen LogP contribution in [0.3, 0.4) is 0 Å². The van der Waals surface area contributed by atoms with Crippen molar-refractivity contribution in [1.29, 1.82) is 0 Å². The lowest BCUT2D eigenvalue weighted by Gasteiger charge is -2.35. The number of amides is 3. The molecule has 0 fully saturated rings. The molecule has 0 aliphatic carbocycles. The maximum absolute atomic E-state index is 14.4. The van der Waals surface area contributed by atoms with Gasteiger partial charge in [0.25, 0.3) is 5.91 Å². The molecular weight excluding hydrogens is 530 g/mol. The Morgan fingerprint density at radius 3 is 2.14 bits per heavy atom. The Kier molecular flexibility index (Phi) is 13.8. The third-order valence-corrected chi connectivity index (χ3v) is 6.92. The fourth-order valence-electron chi connectivity index (χ4n) is 4.75. The van der Waals surface area contributed by atoms with Crippen LogP contribution in [0, 0.1) is 12.8 Å². The average molecular weight is 582 g/mol. The number of benzene rings is 2. The van der Waals surface area contributed by atoms with Gasteiger partial charge >= 0.3 is 6.09 Å². The van der Waals surface area contributed by atoms with E-state index in [0.29, 0.717) is 23.5 Å². The second-order valence-corrected chi connectivity index (χ2v) is 12.2. The van der Waals surface area contributed by atoms with Crippen LogP contribution in [-0.4, -0.2) is 48.1 Å². The van der Waals surface area contributed by atoms with Gasteiger partial charge in [-0.2, -0.15) is 0 Å². The van der Waals surface area contributed by atoms with Crippen molar-refractivity contribution in [3.05, 3.63) is 59.7 Å². The number of carbonyl (C=O) groups is 3. The Bertz CT molecular complexity index is 1140. The van der Waals surface area contributed by atoms with Gasteiger partial charge in [0.1, 0.15) is 23.4 Å².